The Morgan fingerprint density at radius 1 is 1.08 bits per heavy atom. The van der Waals surface area contributed by atoms with E-state index in [4.69, 9.17) is 5.73 Å². The normalized spacial score (nSPS) is 18.9. The van der Waals surface area contributed by atoms with Gasteiger partial charge < -0.3 is 21.1 Å². The molecule has 280 valence electrons. The van der Waals surface area contributed by atoms with Gasteiger partial charge in [0.2, 0.25) is 23.6 Å². The number of halogens is 1. The summed E-state index contributed by atoms with van der Waals surface area (Å²) in [7, 11) is 1.72. The van der Waals surface area contributed by atoms with Crippen molar-refractivity contribution in [2.24, 2.45) is 12.8 Å². The average molecular weight is 751 g/mol. The molecule has 53 heavy (non-hydrogen) atoms. The maximum atomic E-state index is 15.4. The van der Waals surface area contributed by atoms with Crippen LogP contribution in [0.25, 0.3) is 21.8 Å². The Hall–Kier alpha value is -5.33. The number of phenols is 1. The number of nitrogens with one attached hydrogen (secondary N) is 2. The quantitative estimate of drug-likeness (QED) is 0.123. The van der Waals surface area contributed by atoms with Gasteiger partial charge in [-0.3, -0.25) is 47.4 Å². The molecule has 1 aromatic heterocycles. The highest BCUT2D eigenvalue weighted by Gasteiger charge is 2.34. The molecule has 2 fully saturated rings. The number of anilines is 3. The third-order valence-electron chi connectivity index (χ3n) is 10.4. The summed E-state index contributed by atoms with van der Waals surface area (Å²) in [6.45, 7) is 1.52. The van der Waals surface area contributed by atoms with Crippen LogP contribution in [0.4, 0.5) is 21.5 Å². The fourth-order valence-electron chi connectivity index (χ4n) is 8.01. The summed E-state index contributed by atoms with van der Waals surface area (Å²) in [4.78, 5) is 66.8. The van der Waals surface area contributed by atoms with Gasteiger partial charge in [0.25, 0.3) is 11.3 Å². The van der Waals surface area contributed by atoms with E-state index in [-0.39, 0.29) is 53.7 Å². The molecule has 0 aliphatic carbocycles. The minimum atomic E-state index is -2.84. The number of hydrogen-bond donors (Lipinski definition) is 5. The van der Waals surface area contributed by atoms with E-state index in [1.807, 2.05) is 12.1 Å². The maximum Gasteiger partial charge on any atom is 0.329 e. The Bertz CT molecular complexity index is 2270. The summed E-state index contributed by atoms with van der Waals surface area (Å²) >= 11 is -2.84. The number of rotatable bonds is 9. The van der Waals surface area contributed by atoms with Crippen molar-refractivity contribution in [1.29, 1.82) is 0 Å². The SMILES string of the molecule is Cn1c(=O)n([C@@H]2CCC(=O)NC2=O)c2ccc3c(c21)CCCN3C1CCN(CC(=O)Nc2ccc3c(F)c(N(CC(N)=O)S(=O)O)c(O)cc3c2)CC1. The number of aromatic nitrogens is 2. The second-order valence-electron chi connectivity index (χ2n) is 13.7. The number of aromatic hydroxyl groups is 1. The molecule has 4 heterocycles. The molecule has 7 rings (SSSR count). The lowest BCUT2D eigenvalue weighted by atomic mass is 9.94. The maximum absolute atomic E-state index is 15.4. The zero-order chi connectivity index (χ0) is 37.7. The highest BCUT2D eigenvalue weighted by Crippen LogP contribution is 2.39. The highest BCUT2D eigenvalue weighted by molar-refractivity contribution is 7.80. The molecular weight excluding hydrogens is 711 g/mol. The molecule has 0 saturated carbocycles. The molecule has 18 heteroatoms. The Morgan fingerprint density at radius 3 is 2.53 bits per heavy atom. The van der Waals surface area contributed by atoms with Crippen LogP contribution in [-0.4, -0.2) is 90.3 Å². The van der Waals surface area contributed by atoms with Crippen LogP contribution in [0.5, 0.6) is 5.75 Å². The van der Waals surface area contributed by atoms with E-state index in [9.17, 15) is 37.8 Å². The van der Waals surface area contributed by atoms with Gasteiger partial charge in [0.1, 0.15) is 24.0 Å². The number of piperidine rings is 2. The summed E-state index contributed by atoms with van der Waals surface area (Å²) in [5.74, 6) is -3.78. The molecule has 6 N–H and O–H groups in total. The summed E-state index contributed by atoms with van der Waals surface area (Å²) in [6, 6.07) is 8.88. The molecular formula is C35H39FN8O8S. The molecule has 2 atom stereocenters. The number of primary amides is 1. The molecule has 4 aromatic rings. The topological polar surface area (TPSA) is 213 Å². The van der Waals surface area contributed by atoms with Crippen LogP contribution in [0.2, 0.25) is 0 Å². The molecule has 3 aliphatic heterocycles. The van der Waals surface area contributed by atoms with Gasteiger partial charge in [-0.05, 0) is 73.9 Å². The number of carbonyl (C=O) groups excluding carboxylic acids is 4. The Labute approximate surface area is 304 Å². The number of imide groups is 1. The number of aryl methyl sites for hydroxylation is 2. The van der Waals surface area contributed by atoms with Crippen molar-refractivity contribution in [2.45, 2.75) is 50.6 Å². The third-order valence-corrected chi connectivity index (χ3v) is 11.1. The first-order valence-electron chi connectivity index (χ1n) is 17.3. The largest absolute Gasteiger partial charge is 0.506 e. The Balaban J connectivity index is 1.01. The monoisotopic (exact) mass is 750 g/mol. The molecule has 3 aromatic carbocycles. The van der Waals surface area contributed by atoms with Crippen molar-refractivity contribution in [3.63, 3.8) is 0 Å². The predicted molar refractivity (Wildman–Crippen MR) is 195 cm³/mol. The minimum Gasteiger partial charge on any atom is -0.506 e. The number of phenolic OH excluding ortho intramolecular Hbond substituents is 1. The summed E-state index contributed by atoms with van der Waals surface area (Å²) in [6.07, 6.45) is 3.75. The number of amides is 4. The van der Waals surface area contributed by atoms with Crippen LogP contribution in [-0.2, 0) is 43.9 Å². The fourth-order valence-corrected chi connectivity index (χ4v) is 8.58. The second kappa shape index (κ2) is 14.2. The van der Waals surface area contributed by atoms with Gasteiger partial charge in [-0.2, -0.15) is 0 Å². The third kappa shape index (κ3) is 6.73. The second-order valence-corrected chi connectivity index (χ2v) is 14.6. The van der Waals surface area contributed by atoms with Crippen LogP contribution in [0.3, 0.4) is 0 Å². The van der Waals surface area contributed by atoms with E-state index in [0.717, 1.165) is 49.0 Å². The van der Waals surface area contributed by atoms with Crippen molar-refractivity contribution in [1.82, 2.24) is 19.4 Å². The number of benzene rings is 3. The number of hydrogen-bond acceptors (Lipinski definition) is 9. The van der Waals surface area contributed by atoms with Gasteiger partial charge in [-0.25, -0.2) is 13.4 Å². The number of carbonyl (C=O) groups is 4. The Kier molecular flexibility index (Phi) is 9.69. The van der Waals surface area contributed by atoms with Crippen molar-refractivity contribution < 1.29 is 37.4 Å². The highest BCUT2D eigenvalue weighted by atomic mass is 32.2. The number of likely N-dealkylation sites (tertiary alicyclic amines) is 1. The molecule has 3 aliphatic rings. The summed E-state index contributed by atoms with van der Waals surface area (Å²) in [5.41, 5.74) is 8.15. The van der Waals surface area contributed by atoms with Gasteiger partial charge >= 0.3 is 5.69 Å². The first-order chi connectivity index (χ1) is 25.3. The summed E-state index contributed by atoms with van der Waals surface area (Å²) in [5, 5.41) is 15.9. The van der Waals surface area contributed by atoms with Gasteiger partial charge in [-0.1, -0.05) is 0 Å². The van der Waals surface area contributed by atoms with Crippen LogP contribution in [0, 0.1) is 5.82 Å². The van der Waals surface area contributed by atoms with E-state index < -0.39 is 52.9 Å². The van der Waals surface area contributed by atoms with E-state index in [2.05, 4.69) is 20.4 Å². The first kappa shape index (κ1) is 36.0. The van der Waals surface area contributed by atoms with Crippen LogP contribution in [0.1, 0.15) is 43.7 Å². The van der Waals surface area contributed by atoms with Gasteiger partial charge in [-0.15, -0.1) is 0 Å². The molecule has 0 spiro atoms. The van der Waals surface area contributed by atoms with E-state index in [1.54, 1.807) is 11.6 Å². The zero-order valence-corrected chi connectivity index (χ0v) is 29.7. The van der Waals surface area contributed by atoms with Gasteiger partial charge in [0.15, 0.2) is 5.82 Å². The number of nitrogens with zero attached hydrogens (tertiary/aromatic N) is 5. The van der Waals surface area contributed by atoms with Crippen LogP contribution in [0.15, 0.2) is 41.2 Å². The minimum absolute atomic E-state index is 0.00748. The Morgan fingerprint density at radius 2 is 1.83 bits per heavy atom. The average Bonchev–Trinajstić information content (AvgIpc) is 3.36. The molecule has 2 saturated heterocycles. The lowest BCUT2D eigenvalue weighted by molar-refractivity contribution is -0.135. The van der Waals surface area contributed by atoms with Crippen molar-refractivity contribution in [2.75, 3.05) is 47.2 Å². The number of nitrogens with two attached hydrogens (primary N) is 1. The lowest BCUT2D eigenvalue weighted by Crippen LogP contribution is -2.48. The molecule has 4 amide bonds. The molecule has 16 nitrogen and oxygen atoms in total. The predicted octanol–water partition coefficient (Wildman–Crippen LogP) is 1.60. The summed E-state index contributed by atoms with van der Waals surface area (Å²) < 4.78 is 40.3. The van der Waals surface area contributed by atoms with Crippen molar-refractivity contribution in [3.05, 3.63) is 58.3 Å². The smallest absolute Gasteiger partial charge is 0.329 e. The standard InChI is InChI=1S/C35H39FN8O8S/c1-40-32-23-3-2-12-42(24(23)6-7-25(32)44(35(40)50)26-8-9-29(47)39-34(26)49)21-10-13-41(14-11-21)18-30(48)38-20-4-5-22-19(15-20)16-27(45)33(31(22)36)43(53(51)52)17-28(37)46/h4-7,15-16,21,26,45H,2-3,8-14,17-18H2,1H3,(H2,37,46)(H,38,48)(H,51,52)(H,39,47,49)/t26-/m1/s1. The molecule has 0 radical (unpaired) electrons. The van der Waals surface area contributed by atoms with E-state index in [1.165, 1.54) is 28.8 Å². The van der Waals surface area contributed by atoms with Crippen LogP contribution >= 0.6 is 0 Å². The molecule has 0 bridgehead atoms. The van der Waals surface area contributed by atoms with Gasteiger partial charge in [0, 0.05) is 61.5 Å². The fraction of sp³-hybridized carbons (Fsp3) is 0.400. The lowest BCUT2D eigenvalue weighted by Gasteiger charge is -2.42. The number of imidazole rings is 1. The zero-order valence-electron chi connectivity index (χ0n) is 28.8. The van der Waals surface area contributed by atoms with Crippen molar-refractivity contribution >= 4 is 73.8 Å². The van der Waals surface area contributed by atoms with Crippen LogP contribution < -0.4 is 31.3 Å². The van der Waals surface area contributed by atoms with Crippen molar-refractivity contribution in [3.8, 4) is 5.75 Å². The number of fused-ring (bicyclic) bond motifs is 4. The van der Waals surface area contributed by atoms with E-state index in [0.29, 0.717) is 28.6 Å². The van der Waals surface area contributed by atoms with E-state index >= 15 is 4.39 Å². The van der Waals surface area contributed by atoms with Gasteiger partial charge in [0.05, 0.1) is 17.6 Å². The first-order valence-corrected chi connectivity index (χ1v) is 18.4. The molecule has 1 unspecified atom stereocenters.